The zero-order valence-electron chi connectivity index (χ0n) is 12.3. The fourth-order valence-corrected chi connectivity index (χ4v) is 3.08. The average Bonchev–Trinajstić information content (AvgIpc) is 3.10. The van der Waals surface area contributed by atoms with E-state index in [4.69, 9.17) is 14.6 Å². The van der Waals surface area contributed by atoms with E-state index in [1.165, 1.54) is 0 Å². The number of carboxylic acids is 1. The number of carbonyl (C=O) groups is 2. The van der Waals surface area contributed by atoms with Crippen molar-refractivity contribution in [3.8, 4) is 11.5 Å². The van der Waals surface area contributed by atoms with Crippen molar-refractivity contribution in [2.24, 2.45) is 0 Å². The third-order valence-electron chi connectivity index (χ3n) is 3.27. The first-order valence-electron chi connectivity index (χ1n) is 6.88. The maximum atomic E-state index is 12.0. The van der Waals surface area contributed by atoms with Crippen LogP contribution in [0.3, 0.4) is 0 Å². The second-order valence-corrected chi connectivity index (χ2v) is 6.05. The first kappa shape index (κ1) is 15.3. The largest absolute Gasteiger partial charge is 0.477 e. The Labute approximate surface area is 135 Å². The minimum Gasteiger partial charge on any atom is -0.477 e. The third-order valence-corrected chi connectivity index (χ3v) is 4.42. The summed E-state index contributed by atoms with van der Waals surface area (Å²) in [5, 5.41) is 12.3. The van der Waals surface area contributed by atoms with Gasteiger partial charge in [0.05, 0.1) is 12.1 Å². The molecule has 2 aromatic rings. The van der Waals surface area contributed by atoms with Crippen molar-refractivity contribution in [2.75, 3.05) is 6.79 Å². The lowest BCUT2D eigenvalue weighted by Gasteiger charge is -2.05. The Bertz CT molecular complexity index is 771. The molecule has 8 heteroatoms. The van der Waals surface area contributed by atoms with Gasteiger partial charge in [0.25, 0.3) is 0 Å². The molecule has 1 aromatic carbocycles. The summed E-state index contributed by atoms with van der Waals surface area (Å²) in [6.07, 6.45) is 0.0589. The molecule has 1 aliphatic rings. The summed E-state index contributed by atoms with van der Waals surface area (Å²) in [7, 11) is 0. The van der Waals surface area contributed by atoms with E-state index in [2.05, 4.69) is 10.3 Å². The summed E-state index contributed by atoms with van der Waals surface area (Å²) in [5.74, 6) is 0.123. The Morgan fingerprint density at radius 3 is 2.87 bits per heavy atom. The number of amides is 1. The van der Waals surface area contributed by atoms with E-state index in [0.717, 1.165) is 16.9 Å². The van der Waals surface area contributed by atoms with Crippen LogP contribution < -0.4 is 14.8 Å². The summed E-state index contributed by atoms with van der Waals surface area (Å²) in [4.78, 5) is 27.2. The Morgan fingerprint density at radius 1 is 1.35 bits per heavy atom. The Kier molecular flexibility index (Phi) is 4.16. The van der Waals surface area contributed by atoms with Gasteiger partial charge in [-0.15, -0.1) is 11.3 Å². The minimum atomic E-state index is -1.02. The van der Waals surface area contributed by atoms with Crippen LogP contribution in [-0.2, 0) is 17.8 Å². The van der Waals surface area contributed by atoms with E-state index in [1.54, 1.807) is 13.0 Å². The number of hydrogen-bond donors (Lipinski definition) is 2. The van der Waals surface area contributed by atoms with Crippen molar-refractivity contribution in [3.63, 3.8) is 0 Å². The van der Waals surface area contributed by atoms with Crippen LogP contribution in [0.15, 0.2) is 18.2 Å². The van der Waals surface area contributed by atoms with Crippen molar-refractivity contribution in [3.05, 3.63) is 39.3 Å². The van der Waals surface area contributed by atoms with Gasteiger partial charge in [0.1, 0.15) is 9.88 Å². The highest BCUT2D eigenvalue weighted by Crippen LogP contribution is 2.32. The summed E-state index contributed by atoms with van der Waals surface area (Å²) < 4.78 is 10.5. The van der Waals surface area contributed by atoms with E-state index >= 15 is 0 Å². The van der Waals surface area contributed by atoms with Gasteiger partial charge in [0, 0.05) is 6.54 Å². The Balaban J connectivity index is 1.57. The monoisotopic (exact) mass is 334 g/mol. The first-order valence-corrected chi connectivity index (χ1v) is 7.69. The van der Waals surface area contributed by atoms with E-state index in [9.17, 15) is 9.59 Å². The number of carbonyl (C=O) groups excluding carboxylic acids is 1. The van der Waals surface area contributed by atoms with Crippen molar-refractivity contribution >= 4 is 23.2 Å². The second-order valence-electron chi connectivity index (χ2n) is 4.97. The zero-order chi connectivity index (χ0) is 16.4. The lowest BCUT2D eigenvalue weighted by Crippen LogP contribution is -2.24. The van der Waals surface area contributed by atoms with Gasteiger partial charge < -0.3 is 19.9 Å². The number of hydrogen-bond acceptors (Lipinski definition) is 6. The quantitative estimate of drug-likeness (QED) is 0.864. The van der Waals surface area contributed by atoms with Crippen LogP contribution in [0.25, 0.3) is 0 Å². The van der Waals surface area contributed by atoms with Crippen LogP contribution in [0.2, 0.25) is 0 Å². The van der Waals surface area contributed by atoms with E-state index < -0.39 is 5.97 Å². The van der Waals surface area contributed by atoms with Crippen molar-refractivity contribution in [1.82, 2.24) is 10.3 Å². The van der Waals surface area contributed by atoms with E-state index in [0.29, 0.717) is 28.7 Å². The number of aryl methyl sites for hydroxylation is 1. The van der Waals surface area contributed by atoms with Crippen molar-refractivity contribution < 1.29 is 24.2 Å². The molecule has 0 aliphatic carbocycles. The molecule has 120 valence electrons. The summed E-state index contributed by atoms with van der Waals surface area (Å²) in [6.45, 7) is 2.18. The SMILES string of the molecule is Cc1nc(CC(=O)NCc2ccc3c(c2)OCO3)sc1C(=O)O. The number of nitrogens with one attached hydrogen (secondary N) is 1. The Morgan fingerprint density at radius 2 is 2.13 bits per heavy atom. The smallest absolute Gasteiger partial charge is 0.347 e. The number of nitrogens with zero attached hydrogens (tertiary/aromatic N) is 1. The van der Waals surface area contributed by atoms with Gasteiger partial charge in [-0.3, -0.25) is 4.79 Å². The van der Waals surface area contributed by atoms with Gasteiger partial charge in [-0.05, 0) is 24.6 Å². The zero-order valence-corrected chi connectivity index (χ0v) is 13.1. The number of benzene rings is 1. The molecule has 3 rings (SSSR count). The fourth-order valence-electron chi connectivity index (χ4n) is 2.18. The van der Waals surface area contributed by atoms with Crippen LogP contribution in [0.1, 0.15) is 25.9 Å². The number of fused-ring (bicyclic) bond motifs is 1. The van der Waals surface area contributed by atoms with Crippen LogP contribution in [0.5, 0.6) is 11.5 Å². The van der Waals surface area contributed by atoms with Gasteiger partial charge in [0.2, 0.25) is 12.7 Å². The number of ether oxygens (including phenoxy) is 2. The first-order chi connectivity index (χ1) is 11.0. The molecule has 0 atom stereocenters. The maximum absolute atomic E-state index is 12.0. The molecule has 7 nitrogen and oxygen atoms in total. The molecule has 0 spiro atoms. The van der Waals surface area contributed by atoms with Crippen LogP contribution in [0.4, 0.5) is 0 Å². The highest BCUT2D eigenvalue weighted by atomic mass is 32.1. The number of aromatic nitrogens is 1. The lowest BCUT2D eigenvalue weighted by atomic mass is 10.2. The molecule has 0 unspecified atom stereocenters. The Hall–Kier alpha value is -2.61. The standard InChI is InChI=1S/C15H14N2O5S/c1-8-14(15(19)20)23-13(17-8)5-12(18)16-6-9-2-3-10-11(4-9)22-7-21-10/h2-4H,5-7H2,1H3,(H,16,18)(H,19,20). The number of carboxylic acid groups (broad SMARTS) is 1. The molecule has 1 amide bonds. The maximum Gasteiger partial charge on any atom is 0.347 e. The van der Waals surface area contributed by atoms with Crippen LogP contribution >= 0.6 is 11.3 Å². The second kappa shape index (κ2) is 6.25. The molecule has 23 heavy (non-hydrogen) atoms. The van der Waals surface area contributed by atoms with Gasteiger partial charge in [-0.2, -0.15) is 0 Å². The summed E-state index contributed by atoms with van der Waals surface area (Å²) >= 11 is 1.03. The number of thiazole rings is 1. The summed E-state index contributed by atoms with van der Waals surface area (Å²) in [6, 6.07) is 5.47. The molecule has 2 N–H and O–H groups in total. The molecule has 1 aliphatic heterocycles. The number of aromatic carboxylic acids is 1. The van der Waals surface area contributed by atoms with Gasteiger partial charge >= 0.3 is 5.97 Å². The third kappa shape index (κ3) is 3.42. The van der Waals surface area contributed by atoms with Gasteiger partial charge in [-0.25, -0.2) is 9.78 Å². The predicted molar refractivity (Wildman–Crippen MR) is 81.9 cm³/mol. The minimum absolute atomic E-state index is 0.0589. The normalized spacial score (nSPS) is 12.2. The van der Waals surface area contributed by atoms with E-state index in [1.807, 2.05) is 12.1 Å². The van der Waals surface area contributed by atoms with E-state index in [-0.39, 0.29) is 24.0 Å². The van der Waals surface area contributed by atoms with Crippen LogP contribution in [0, 0.1) is 6.92 Å². The van der Waals surface area contributed by atoms with Crippen molar-refractivity contribution in [2.45, 2.75) is 19.9 Å². The average molecular weight is 334 g/mol. The molecule has 0 bridgehead atoms. The highest BCUT2D eigenvalue weighted by Gasteiger charge is 2.16. The molecule has 0 saturated carbocycles. The molecule has 0 radical (unpaired) electrons. The molecule has 0 saturated heterocycles. The lowest BCUT2D eigenvalue weighted by molar-refractivity contribution is -0.120. The van der Waals surface area contributed by atoms with Gasteiger partial charge in [0.15, 0.2) is 11.5 Å². The van der Waals surface area contributed by atoms with Crippen molar-refractivity contribution in [1.29, 1.82) is 0 Å². The molecule has 1 aromatic heterocycles. The fraction of sp³-hybridized carbons (Fsp3) is 0.267. The highest BCUT2D eigenvalue weighted by molar-refractivity contribution is 7.13. The molecular weight excluding hydrogens is 320 g/mol. The number of rotatable bonds is 5. The van der Waals surface area contributed by atoms with Crippen LogP contribution in [-0.4, -0.2) is 28.8 Å². The molecule has 0 fully saturated rings. The topological polar surface area (TPSA) is 97.8 Å². The van der Waals surface area contributed by atoms with Gasteiger partial charge in [-0.1, -0.05) is 6.07 Å². The molecular formula is C15H14N2O5S. The molecule has 2 heterocycles. The summed E-state index contributed by atoms with van der Waals surface area (Å²) in [5.41, 5.74) is 1.32. The predicted octanol–water partition coefficient (Wildman–Crippen LogP) is 1.74.